The van der Waals surface area contributed by atoms with Crippen molar-refractivity contribution in [1.82, 2.24) is 15.0 Å². The summed E-state index contributed by atoms with van der Waals surface area (Å²) in [6.07, 6.45) is 1.45. The summed E-state index contributed by atoms with van der Waals surface area (Å²) in [6.45, 7) is 1.89. The van der Waals surface area contributed by atoms with Crippen LogP contribution in [0.2, 0.25) is 0 Å². The molecule has 1 radical (unpaired) electrons. The van der Waals surface area contributed by atoms with Crippen molar-refractivity contribution in [3.63, 3.8) is 0 Å². The van der Waals surface area contributed by atoms with Crippen LogP contribution in [0.15, 0.2) is 66.9 Å². The topological polar surface area (TPSA) is 76.0 Å². The zero-order chi connectivity index (χ0) is 19.2. The minimum atomic E-state index is -0.990. The molecule has 0 saturated carbocycles. The van der Waals surface area contributed by atoms with Crippen molar-refractivity contribution in [2.75, 3.05) is 0 Å². The second-order valence-corrected chi connectivity index (χ2v) is 5.59. The van der Waals surface area contributed by atoms with Gasteiger partial charge in [0.05, 0.1) is 11.0 Å². The van der Waals surface area contributed by atoms with Gasteiger partial charge in [-0.2, -0.15) is 0 Å². The van der Waals surface area contributed by atoms with Gasteiger partial charge in [-0.25, -0.2) is 9.78 Å². The number of carboxylic acids is 1. The summed E-state index contributed by atoms with van der Waals surface area (Å²) in [5, 5.41) is 8.32. The number of hydrogen-bond acceptors (Lipinski definition) is 4. The molecule has 0 unspecified atom stereocenters. The van der Waals surface area contributed by atoms with E-state index in [2.05, 4.69) is 21.0 Å². The van der Waals surface area contributed by atoms with Gasteiger partial charge in [0, 0.05) is 43.5 Å². The van der Waals surface area contributed by atoms with Gasteiger partial charge in [0.25, 0.3) is 0 Å². The third-order valence-corrected chi connectivity index (χ3v) is 3.66. The summed E-state index contributed by atoms with van der Waals surface area (Å²) < 4.78 is 12.9. The Morgan fingerprint density at radius 3 is 2.21 bits per heavy atom. The number of aryl methyl sites for hydroxylation is 1. The molecule has 0 aliphatic rings. The molecule has 7 heteroatoms. The quantitative estimate of drug-likeness (QED) is 0.375. The molecular formula is C21H15FIrN3O2-. The first-order chi connectivity index (χ1) is 13.0. The first kappa shape index (κ1) is 21.3. The molecule has 4 rings (SSSR count). The van der Waals surface area contributed by atoms with E-state index in [-0.39, 0.29) is 31.6 Å². The Kier molecular flexibility index (Phi) is 7.43. The van der Waals surface area contributed by atoms with Crippen molar-refractivity contribution >= 4 is 17.0 Å². The number of aromatic carboxylic acids is 1. The molecule has 0 amide bonds. The first-order valence-corrected chi connectivity index (χ1v) is 8.10. The van der Waals surface area contributed by atoms with E-state index in [1.54, 1.807) is 18.2 Å². The van der Waals surface area contributed by atoms with Crippen LogP contribution in [0.3, 0.4) is 0 Å². The number of pyridine rings is 1. The smallest absolute Gasteiger partial charge is 0.354 e. The van der Waals surface area contributed by atoms with Crippen LogP contribution in [0, 0.1) is 18.8 Å². The monoisotopic (exact) mass is 553 g/mol. The van der Waals surface area contributed by atoms with Crippen LogP contribution >= 0.6 is 0 Å². The number of carbonyl (C=O) groups is 1. The van der Waals surface area contributed by atoms with Gasteiger partial charge >= 0.3 is 5.97 Å². The Bertz CT molecular complexity index is 1070. The summed E-state index contributed by atoms with van der Waals surface area (Å²) in [5.41, 5.74) is 4.09. The van der Waals surface area contributed by atoms with E-state index < -0.39 is 5.97 Å². The number of hydrogen-bond donors (Lipinski definition) is 1. The van der Waals surface area contributed by atoms with Crippen LogP contribution in [0.25, 0.3) is 22.3 Å². The summed E-state index contributed by atoms with van der Waals surface area (Å²) in [7, 11) is 0. The van der Waals surface area contributed by atoms with Crippen molar-refractivity contribution in [3.05, 3.63) is 90.1 Å². The van der Waals surface area contributed by atoms with Crippen LogP contribution in [0.4, 0.5) is 4.39 Å². The number of rotatable bonds is 2. The normalized spacial score (nSPS) is 9.79. The average molecular weight is 553 g/mol. The molecular weight excluding hydrogens is 537 g/mol. The van der Waals surface area contributed by atoms with E-state index in [1.807, 2.05) is 31.2 Å². The molecule has 0 bridgehead atoms. The molecule has 0 aliphatic carbocycles. The molecule has 0 fully saturated rings. The molecule has 4 aromatic rings. The molecule has 0 aliphatic heterocycles. The molecule has 2 aromatic heterocycles. The van der Waals surface area contributed by atoms with Crippen molar-refractivity contribution < 1.29 is 34.4 Å². The second kappa shape index (κ2) is 9.78. The number of nitrogens with zero attached hydrogens (tertiary/aromatic N) is 3. The van der Waals surface area contributed by atoms with E-state index in [0.29, 0.717) is 0 Å². The van der Waals surface area contributed by atoms with Crippen molar-refractivity contribution in [2.24, 2.45) is 0 Å². The Morgan fingerprint density at radius 2 is 1.68 bits per heavy atom. The number of aromatic nitrogens is 3. The average Bonchev–Trinajstić information content (AvgIpc) is 2.69. The van der Waals surface area contributed by atoms with E-state index >= 15 is 0 Å². The van der Waals surface area contributed by atoms with Crippen LogP contribution < -0.4 is 0 Å². The van der Waals surface area contributed by atoms with Gasteiger partial charge in [-0.05, 0) is 31.2 Å². The van der Waals surface area contributed by atoms with E-state index in [0.717, 1.165) is 28.0 Å². The molecule has 0 atom stereocenters. The summed E-state index contributed by atoms with van der Waals surface area (Å²) in [5.74, 6) is -1.29. The summed E-state index contributed by atoms with van der Waals surface area (Å²) >= 11 is 0. The summed E-state index contributed by atoms with van der Waals surface area (Å²) in [4.78, 5) is 22.8. The molecule has 0 spiro atoms. The Labute approximate surface area is 174 Å². The molecule has 5 nitrogen and oxygen atoms in total. The van der Waals surface area contributed by atoms with E-state index in [1.165, 1.54) is 24.4 Å². The number of halogens is 1. The van der Waals surface area contributed by atoms with Crippen LogP contribution in [0.1, 0.15) is 16.2 Å². The zero-order valence-electron chi connectivity index (χ0n) is 14.8. The maximum absolute atomic E-state index is 12.9. The molecule has 1 N–H and O–H groups in total. The fraction of sp³-hybridized carbons (Fsp3) is 0.0476. The van der Waals surface area contributed by atoms with Gasteiger partial charge in [-0.3, -0.25) is 14.4 Å². The maximum Gasteiger partial charge on any atom is 0.354 e. The third-order valence-electron chi connectivity index (χ3n) is 3.66. The van der Waals surface area contributed by atoms with E-state index in [9.17, 15) is 9.18 Å². The van der Waals surface area contributed by atoms with Crippen molar-refractivity contribution in [3.8, 4) is 11.3 Å². The minimum Gasteiger partial charge on any atom is -0.477 e. The van der Waals surface area contributed by atoms with Gasteiger partial charge in [0.1, 0.15) is 5.69 Å². The van der Waals surface area contributed by atoms with Gasteiger partial charge < -0.3 is 5.11 Å². The fourth-order valence-electron chi connectivity index (χ4n) is 2.39. The largest absolute Gasteiger partial charge is 0.477 e. The van der Waals surface area contributed by atoms with Crippen molar-refractivity contribution in [2.45, 2.75) is 6.92 Å². The predicted molar refractivity (Wildman–Crippen MR) is 99.7 cm³/mol. The second-order valence-electron chi connectivity index (χ2n) is 5.59. The standard InChI is InChI=1S/C15H10FN2.C6H5NO2.Ir/c1-10-15(11-6-8-12(16)9-7-11)18-14-5-3-2-4-13(14)17-10;8-6(9)5-3-1-2-4-7-5;/h2-6,8-9H,1H3;1-4H,(H,8,9);/q-1;;. The van der Waals surface area contributed by atoms with Gasteiger partial charge in [-0.15, -0.1) is 29.8 Å². The molecule has 2 heterocycles. The molecule has 28 heavy (non-hydrogen) atoms. The fourth-order valence-corrected chi connectivity index (χ4v) is 2.39. The Morgan fingerprint density at radius 1 is 1.00 bits per heavy atom. The van der Waals surface area contributed by atoms with Crippen LogP contribution in [0.5, 0.6) is 0 Å². The van der Waals surface area contributed by atoms with Crippen LogP contribution in [-0.2, 0) is 20.1 Å². The Balaban J connectivity index is 0.000000239. The molecule has 2 aromatic carbocycles. The number of carboxylic acid groups (broad SMARTS) is 1. The zero-order valence-corrected chi connectivity index (χ0v) is 17.2. The van der Waals surface area contributed by atoms with Crippen LogP contribution in [-0.4, -0.2) is 26.0 Å². The minimum absolute atomic E-state index is 0. The summed E-state index contributed by atoms with van der Waals surface area (Å²) in [6, 6.07) is 19.7. The number of para-hydroxylation sites is 2. The third kappa shape index (κ3) is 5.25. The molecule has 0 saturated heterocycles. The predicted octanol–water partition coefficient (Wildman–Crippen LogP) is 4.32. The van der Waals surface area contributed by atoms with Crippen molar-refractivity contribution in [1.29, 1.82) is 0 Å². The Hall–Kier alpha value is -3.02. The van der Waals surface area contributed by atoms with Gasteiger partial charge in [0.2, 0.25) is 0 Å². The maximum atomic E-state index is 12.9. The van der Waals surface area contributed by atoms with Gasteiger partial charge in [-0.1, -0.05) is 18.2 Å². The van der Waals surface area contributed by atoms with E-state index in [4.69, 9.17) is 5.11 Å². The number of benzene rings is 2. The first-order valence-electron chi connectivity index (χ1n) is 8.10. The molecule has 143 valence electrons. The SMILES string of the molecule is Cc1nc2ccccc2nc1-c1[c-]cc(F)cc1.O=C(O)c1ccccn1.[Ir]. The van der Waals surface area contributed by atoms with Gasteiger partial charge in [0.15, 0.2) is 0 Å². The number of fused-ring (bicyclic) bond motifs is 1.